The van der Waals surface area contributed by atoms with Crippen LogP contribution in [0.5, 0.6) is 11.5 Å². The summed E-state index contributed by atoms with van der Waals surface area (Å²) >= 11 is 0. The molecule has 30 heavy (non-hydrogen) atoms. The van der Waals surface area contributed by atoms with Gasteiger partial charge in [-0.1, -0.05) is 13.0 Å². The van der Waals surface area contributed by atoms with Gasteiger partial charge in [0.05, 0.1) is 30.1 Å². The molecule has 2 aromatic rings. The summed E-state index contributed by atoms with van der Waals surface area (Å²) in [7, 11) is -3.41. The Morgan fingerprint density at radius 2 is 2.13 bits per heavy atom. The van der Waals surface area contributed by atoms with Crippen LogP contribution in [0.15, 0.2) is 40.3 Å². The van der Waals surface area contributed by atoms with Gasteiger partial charge in [0.2, 0.25) is 0 Å². The molecule has 0 amide bonds. The monoisotopic (exact) mass is 426 g/mol. The standard InChI is InChI=1S/C21H19FN4O3S/c1-2-9-30(27,28)12-14-3-5-18(22)20(17(14)11-23)29-15-4-6-19-16(10-15)21-24-7-8-26(21)13-25-19/h3-6,10,13H,2,7-9,12H2,1H3. The number of nitrogens with zero attached hydrogens (tertiary/aromatic N) is 4. The number of benzene rings is 2. The molecule has 154 valence electrons. The summed E-state index contributed by atoms with van der Waals surface area (Å²) in [4.78, 5) is 10.8. The molecule has 4 rings (SSSR count). The van der Waals surface area contributed by atoms with Crippen molar-refractivity contribution in [2.75, 3.05) is 18.8 Å². The summed E-state index contributed by atoms with van der Waals surface area (Å²) in [5.41, 5.74) is 1.58. The number of hydrogen-bond donors (Lipinski definition) is 0. The molecule has 2 aromatic carbocycles. The summed E-state index contributed by atoms with van der Waals surface area (Å²) in [6, 6.07) is 9.41. The highest BCUT2D eigenvalue weighted by Gasteiger charge is 2.25. The predicted molar refractivity (Wildman–Crippen MR) is 112 cm³/mol. The zero-order chi connectivity index (χ0) is 21.3. The Labute approximate surface area is 174 Å². The van der Waals surface area contributed by atoms with Crippen LogP contribution in [-0.4, -0.2) is 44.3 Å². The van der Waals surface area contributed by atoms with Crippen LogP contribution in [0.25, 0.3) is 0 Å². The summed E-state index contributed by atoms with van der Waals surface area (Å²) in [5.74, 6) is -0.291. The number of aliphatic imine (C=N–C) groups is 2. The lowest BCUT2D eigenvalue weighted by Crippen LogP contribution is -2.29. The van der Waals surface area contributed by atoms with Crippen LogP contribution >= 0.6 is 0 Å². The van der Waals surface area contributed by atoms with Crippen molar-refractivity contribution in [1.82, 2.24) is 4.90 Å². The van der Waals surface area contributed by atoms with Crippen molar-refractivity contribution in [2.45, 2.75) is 19.1 Å². The lowest BCUT2D eigenvalue weighted by molar-refractivity contribution is 0.440. The largest absolute Gasteiger partial charge is 0.453 e. The molecule has 2 aliphatic heterocycles. The molecule has 2 aliphatic rings. The van der Waals surface area contributed by atoms with E-state index in [0.717, 1.165) is 29.7 Å². The predicted octanol–water partition coefficient (Wildman–Crippen LogP) is 3.55. The van der Waals surface area contributed by atoms with Gasteiger partial charge in [0.15, 0.2) is 21.4 Å². The molecule has 0 N–H and O–H groups in total. The van der Waals surface area contributed by atoms with Gasteiger partial charge in [-0.25, -0.2) is 17.8 Å². The molecule has 0 unspecified atom stereocenters. The van der Waals surface area contributed by atoms with Crippen molar-refractivity contribution in [1.29, 1.82) is 5.26 Å². The van der Waals surface area contributed by atoms with Crippen molar-refractivity contribution in [3.8, 4) is 17.6 Å². The molecule has 0 aliphatic carbocycles. The van der Waals surface area contributed by atoms with E-state index in [1.165, 1.54) is 6.07 Å². The molecule has 0 bridgehead atoms. The van der Waals surface area contributed by atoms with Gasteiger partial charge in [0, 0.05) is 12.1 Å². The van der Waals surface area contributed by atoms with E-state index in [2.05, 4.69) is 9.98 Å². The lowest BCUT2D eigenvalue weighted by atomic mass is 10.1. The first-order chi connectivity index (χ1) is 14.4. The van der Waals surface area contributed by atoms with Crippen LogP contribution in [-0.2, 0) is 15.6 Å². The highest BCUT2D eigenvalue weighted by Crippen LogP contribution is 2.35. The lowest BCUT2D eigenvalue weighted by Gasteiger charge is -2.21. The van der Waals surface area contributed by atoms with Crippen LogP contribution in [0.4, 0.5) is 10.1 Å². The highest BCUT2D eigenvalue weighted by molar-refractivity contribution is 7.90. The Balaban J connectivity index is 1.70. The molecule has 0 saturated heterocycles. The quantitative estimate of drug-likeness (QED) is 0.704. The minimum atomic E-state index is -3.41. The molecule has 0 radical (unpaired) electrons. The molecule has 7 nitrogen and oxygen atoms in total. The maximum absolute atomic E-state index is 14.6. The second-order valence-corrected chi connectivity index (χ2v) is 9.22. The average Bonchev–Trinajstić information content (AvgIpc) is 3.20. The molecule has 0 aromatic heterocycles. The minimum Gasteiger partial charge on any atom is -0.453 e. The number of sulfone groups is 1. The van der Waals surface area contributed by atoms with E-state index in [-0.39, 0.29) is 28.4 Å². The van der Waals surface area contributed by atoms with Crippen molar-refractivity contribution in [3.05, 3.63) is 52.8 Å². The zero-order valence-electron chi connectivity index (χ0n) is 16.3. The number of hydrogen-bond acceptors (Lipinski definition) is 7. The van der Waals surface area contributed by atoms with Crippen molar-refractivity contribution in [2.24, 2.45) is 9.98 Å². The summed E-state index contributed by atoms with van der Waals surface area (Å²) in [6.07, 6.45) is 2.19. The van der Waals surface area contributed by atoms with E-state index in [4.69, 9.17) is 4.74 Å². The molecule has 9 heteroatoms. The van der Waals surface area contributed by atoms with E-state index >= 15 is 0 Å². The Morgan fingerprint density at radius 3 is 2.90 bits per heavy atom. The molecule has 2 heterocycles. The van der Waals surface area contributed by atoms with E-state index < -0.39 is 15.7 Å². The summed E-state index contributed by atoms with van der Waals surface area (Å²) < 4.78 is 44.7. The maximum Gasteiger partial charge on any atom is 0.181 e. The zero-order valence-corrected chi connectivity index (χ0v) is 17.1. The SMILES string of the molecule is CCCS(=O)(=O)Cc1ccc(F)c(Oc2ccc3c(c2)C2=NCCN2C=N3)c1C#N. The third kappa shape index (κ3) is 3.78. The number of halogens is 1. The molecular formula is C21H19FN4O3S. The fourth-order valence-corrected chi connectivity index (χ4v) is 4.97. The first-order valence-corrected chi connectivity index (χ1v) is 11.3. The summed E-state index contributed by atoms with van der Waals surface area (Å²) in [5, 5.41) is 9.61. The van der Waals surface area contributed by atoms with Crippen LogP contribution in [0.1, 0.15) is 30.0 Å². The normalized spacial score (nSPS) is 14.7. The smallest absolute Gasteiger partial charge is 0.181 e. The van der Waals surface area contributed by atoms with Gasteiger partial charge in [0.25, 0.3) is 0 Å². The topological polar surface area (TPSA) is 95.1 Å². The van der Waals surface area contributed by atoms with Crippen LogP contribution in [0.3, 0.4) is 0 Å². The van der Waals surface area contributed by atoms with Crippen LogP contribution < -0.4 is 4.74 Å². The fourth-order valence-electron chi connectivity index (χ4n) is 3.49. The van der Waals surface area contributed by atoms with Gasteiger partial charge >= 0.3 is 0 Å². The van der Waals surface area contributed by atoms with Crippen LogP contribution in [0, 0.1) is 17.1 Å². The van der Waals surface area contributed by atoms with Gasteiger partial charge in [-0.05, 0) is 36.2 Å². The average molecular weight is 426 g/mol. The third-order valence-corrected chi connectivity index (χ3v) is 6.62. The third-order valence-electron chi connectivity index (χ3n) is 4.84. The summed E-state index contributed by atoms with van der Waals surface area (Å²) in [6.45, 7) is 3.16. The maximum atomic E-state index is 14.6. The van der Waals surface area contributed by atoms with Gasteiger partial charge in [-0.3, -0.25) is 4.99 Å². The molecule has 0 spiro atoms. The minimum absolute atomic E-state index is 0.00458. The fraction of sp³-hybridized carbons (Fsp3) is 0.286. The second-order valence-electron chi connectivity index (χ2n) is 7.04. The Morgan fingerprint density at radius 1 is 1.30 bits per heavy atom. The first-order valence-electron chi connectivity index (χ1n) is 9.51. The number of rotatable bonds is 6. The molecule has 0 saturated carbocycles. The van der Waals surface area contributed by atoms with E-state index in [9.17, 15) is 18.1 Å². The van der Waals surface area contributed by atoms with E-state index in [0.29, 0.717) is 18.7 Å². The van der Waals surface area contributed by atoms with Crippen molar-refractivity contribution in [3.63, 3.8) is 0 Å². The van der Waals surface area contributed by atoms with Gasteiger partial charge in [-0.2, -0.15) is 5.26 Å². The Bertz CT molecular complexity index is 1220. The Kier molecular flexibility index (Phi) is 5.26. The highest BCUT2D eigenvalue weighted by atomic mass is 32.2. The van der Waals surface area contributed by atoms with Gasteiger partial charge < -0.3 is 9.64 Å². The number of amidine groups is 1. The molecule has 0 atom stereocenters. The second kappa shape index (κ2) is 7.88. The number of fused-ring (bicyclic) bond motifs is 3. The molecule has 0 fully saturated rings. The first kappa shape index (κ1) is 20.0. The van der Waals surface area contributed by atoms with Crippen molar-refractivity contribution >= 4 is 27.7 Å². The van der Waals surface area contributed by atoms with Gasteiger partial charge in [-0.15, -0.1) is 0 Å². The van der Waals surface area contributed by atoms with E-state index in [1.54, 1.807) is 31.5 Å². The molecular weight excluding hydrogens is 407 g/mol. The Hall–Kier alpha value is -3.25. The number of nitriles is 1. The van der Waals surface area contributed by atoms with Crippen molar-refractivity contribution < 1.29 is 17.5 Å². The number of ether oxygens (including phenoxy) is 1. The van der Waals surface area contributed by atoms with Gasteiger partial charge in [0.1, 0.15) is 23.2 Å². The van der Waals surface area contributed by atoms with E-state index in [1.807, 2.05) is 11.0 Å². The van der Waals surface area contributed by atoms with Crippen LogP contribution in [0.2, 0.25) is 0 Å².